The standard InChI is InChI=1S/C12H15FN4O3S/c1-3-20-10-5-4-8(6-9(10)13)16-21(18,19)12-11(14)15-7-17(12)2/h4-7,16H,3,14H2,1-2H3. The summed E-state index contributed by atoms with van der Waals surface area (Å²) in [5, 5.41) is -0.184. The zero-order chi connectivity index (χ0) is 15.6. The van der Waals surface area contributed by atoms with Gasteiger partial charge in [0.1, 0.15) is 0 Å². The third-order valence-electron chi connectivity index (χ3n) is 2.65. The van der Waals surface area contributed by atoms with Gasteiger partial charge < -0.3 is 15.0 Å². The number of aryl methyl sites for hydroxylation is 1. The number of sulfonamides is 1. The van der Waals surface area contributed by atoms with Gasteiger partial charge in [-0.05, 0) is 19.1 Å². The van der Waals surface area contributed by atoms with Crippen molar-refractivity contribution in [3.8, 4) is 5.75 Å². The van der Waals surface area contributed by atoms with Gasteiger partial charge in [-0.3, -0.25) is 4.72 Å². The lowest BCUT2D eigenvalue weighted by Gasteiger charge is -2.10. The first-order valence-corrected chi connectivity index (χ1v) is 7.55. The van der Waals surface area contributed by atoms with Gasteiger partial charge in [0.2, 0.25) is 0 Å². The third kappa shape index (κ3) is 3.07. The van der Waals surface area contributed by atoms with Gasteiger partial charge in [-0.1, -0.05) is 0 Å². The van der Waals surface area contributed by atoms with Crippen molar-refractivity contribution in [1.29, 1.82) is 0 Å². The van der Waals surface area contributed by atoms with Crippen LogP contribution in [0.1, 0.15) is 6.92 Å². The molecule has 0 fully saturated rings. The number of nitrogens with zero attached hydrogens (tertiary/aromatic N) is 2. The lowest BCUT2D eigenvalue weighted by Crippen LogP contribution is -2.17. The van der Waals surface area contributed by atoms with E-state index in [-0.39, 0.29) is 22.3 Å². The van der Waals surface area contributed by atoms with Crippen LogP contribution in [-0.2, 0) is 17.1 Å². The number of hydrogen-bond donors (Lipinski definition) is 2. The van der Waals surface area contributed by atoms with Crippen LogP contribution < -0.4 is 15.2 Å². The molecule has 0 radical (unpaired) electrons. The Kier molecular flexibility index (Phi) is 4.03. The lowest BCUT2D eigenvalue weighted by molar-refractivity contribution is 0.321. The van der Waals surface area contributed by atoms with E-state index < -0.39 is 15.8 Å². The molecular formula is C12H15FN4O3S. The summed E-state index contributed by atoms with van der Waals surface area (Å²) < 4.78 is 46.7. The fourth-order valence-electron chi connectivity index (χ4n) is 1.80. The van der Waals surface area contributed by atoms with Gasteiger partial charge in [0.05, 0.1) is 18.6 Å². The van der Waals surface area contributed by atoms with E-state index in [4.69, 9.17) is 10.5 Å². The molecule has 0 spiro atoms. The van der Waals surface area contributed by atoms with Crippen molar-refractivity contribution in [3.05, 3.63) is 30.3 Å². The van der Waals surface area contributed by atoms with Crippen molar-refractivity contribution in [3.63, 3.8) is 0 Å². The average Bonchev–Trinajstić information content (AvgIpc) is 2.73. The molecular weight excluding hydrogens is 299 g/mol. The highest BCUT2D eigenvalue weighted by Gasteiger charge is 2.22. The molecule has 9 heteroatoms. The van der Waals surface area contributed by atoms with E-state index in [1.54, 1.807) is 6.92 Å². The molecule has 0 bridgehead atoms. The highest BCUT2D eigenvalue weighted by Crippen LogP contribution is 2.24. The zero-order valence-electron chi connectivity index (χ0n) is 11.5. The van der Waals surface area contributed by atoms with Crippen LogP contribution in [0.2, 0.25) is 0 Å². The van der Waals surface area contributed by atoms with Crippen LogP contribution in [0.3, 0.4) is 0 Å². The van der Waals surface area contributed by atoms with Gasteiger partial charge in [-0.2, -0.15) is 8.42 Å². The van der Waals surface area contributed by atoms with Crippen LogP contribution in [0.25, 0.3) is 0 Å². The first-order valence-electron chi connectivity index (χ1n) is 6.07. The van der Waals surface area contributed by atoms with E-state index >= 15 is 0 Å². The molecule has 0 saturated heterocycles. The molecule has 0 atom stereocenters. The number of nitrogens with one attached hydrogen (secondary N) is 1. The maximum absolute atomic E-state index is 13.7. The Hall–Kier alpha value is -2.29. The van der Waals surface area contributed by atoms with E-state index in [0.717, 1.165) is 6.07 Å². The van der Waals surface area contributed by atoms with Crippen LogP contribution >= 0.6 is 0 Å². The summed E-state index contributed by atoms with van der Waals surface area (Å²) in [6.07, 6.45) is 1.28. The summed E-state index contributed by atoms with van der Waals surface area (Å²) >= 11 is 0. The second-order valence-corrected chi connectivity index (χ2v) is 5.83. The molecule has 1 aromatic heterocycles. The number of hydrogen-bond acceptors (Lipinski definition) is 5. The minimum Gasteiger partial charge on any atom is -0.491 e. The second kappa shape index (κ2) is 5.60. The third-order valence-corrected chi connectivity index (χ3v) is 4.16. The molecule has 0 aliphatic heterocycles. The number of nitrogen functional groups attached to an aromatic ring is 1. The Balaban J connectivity index is 2.31. The second-order valence-electron chi connectivity index (χ2n) is 4.23. The van der Waals surface area contributed by atoms with E-state index in [1.165, 1.54) is 30.1 Å². The normalized spacial score (nSPS) is 11.4. The molecule has 2 rings (SSSR count). The number of aromatic nitrogens is 2. The van der Waals surface area contributed by atoms with E-state index in [0.29, 0.717) is 6.61 Å². The number of anilines is 2. The first kappa shape index (κ1) is 15.1. The molecule has 0 saturated carbocycles. The summed E-state index contributed by atoms with van der Waals surface area (Å²) in [6, 6.07) is 3.79. The fraction of sp³-hybridized carbons (Fsp3) is 0.250. The predicted octanol–water partition coefficient (Wildman–Crippen LogP) is 1.34. The van der Waals surface area contributed by atoms with Gasteiger partial charge in [-0.25, -0.2) is 9.37 Å². The highest BCUT2D eigenvalue weighted by molar-refractivity contribution is 7.92. The molecule has 7 nitrogen and oxygen atoms in total. The number of rotatable bonds is 5. The van der Waals surface area contributed by atoms with Crippen molar-refractivity contribution in [2.24, 2.45) is 7.05 Å². The Morgan fingerprint density at radius 1 is 1.48 bits per heavy atom. The highest BCUT2D eigenvalue weighted by atomic mass is 32.2. The van der Waals surface area contributed by atoms with Gasteiger partial charge in [-0.15, -0.1) is 0 Å². The monoisotopic (exact) mass is 314 g/mol. The first-order chi connectivity index (χ1) is 9.85. The number of benzene rings is 1. The number of nitrogens with two attached hydrogens (primary N) is 1. The fourth-order valence-corrected chi connectivity index (χ4v) is 3.09. The molecule has 0 aliphatic rings. The quantitative estimate of drug-likeness (QED) is 0.867. The van der Waals surface area contributed by atoms with Crippen LogP contribution in [0.5, 0.6) is 5.75 Å². The van der Waals surface area contributed by atoms with Gasteiger partial charge in [0, 0.05) is 13.1 Å². The maximum Gasteiger partial charge on any atom is 0.281 e. The average molecular weight is 314 g/mol. The minimum absolute atomic E-state index is 0.0560. The smallest absolute Gasteiger partial charge is 0.281 e. The van der Waals surface area contributed by atoms with Gasteiger partial charge in [0.25, 0.3) is 10.0 Å². The van der Waals surface area contributed by atoms with E-state index in [2.05, 4.69) is 9.71 Å². The Morgan fingerprint density at radius 2 is 2.19 bits per heavy atom. The van der Waals surface area contributed by atoms with Gasteiger partial charge in [0.15, 0.2) is 22.4 Å². The SMILES string of the molecule is CCOc1ccc(NS(=O)(=O)c2c(N)ncn2C)cc1F. The zero-order valence-corrected chi connectivity index (χ0v) is 12.3. The predicted molar refractivity (Wildman–Crippen MR) is 76.0 cm³/mol. The number of imidazole rings is 1. The summed E-state index contributed by atoms with van der Waals surface area (Å²) in [6.45, 7) is 2.04. The van der Waals surface area contributed by atoms with E-state index in [9.17, 15) is 12.8 Å². The van der Waals surface area contributed by atoms with Crippen LogP contribution in [-0.4, -0.2) is 24.6 Å². The van der Waals surface area contributed by atoms with Crippen molar-refractivity contribution in [2.75, 3.05) is 17.1 Å². The van der Waals surface area contributed by atoms with Gasteiger partial charge >= 0.3 is 0 Å². The topological polar surface area (TPSA) is 99.2 Å². The number of halogens is 1. The summed E-state index contributed by atoms with van der Waals surface area (Å²) in [7, 11) is -2.46. The molecule has 0 amide bonds. The summed E-state index contributed by atoms with van der Waals surface area (Å²) in [4.78, 5) is 3.71. The van der Waals surface area contributed by atoms with Crippen molar-refractivity contribution in [1.82, 2.24) is 9.55 Å². The van der Waals surface area contributed by atoms with Crippen molar-refractivity contribution in [2.45, 2.75) is 11.9 Å². The van der Waals surface area contributed by atoms with Crippen LogP contribution in [0.4, 0.5) is 15.9 Å². The number of ether oxygens (including phenoxy) is 1. The van der Waals surface area contributed by atoms with Crippen molar-refractivity contribution >= 4 is 21.5 Å². The molecule has 21 heavy (non-hydrogen) atoms. The van der Waals surface area contributed by atoms with E-state index in [1.807, 2.05) is 0 Å². The van der Waals surface area contributed by atoms with Crippen LogP contribution in [0.15, 0.2) is 29.6 Å². The maximum atomic E-state index is 13.7. The largest absolute Gasteiger partial charge is 0.491 e. The molecule has 0 aliphatic carbocycles. The summed E-state index contributed by atoms with van der Waals surface area (Å²) in [5.41, 5.74) is 5.60. The molecule has 114 valence electrons. The summed E-state index contributed by atoms with van der Waals surface area (Å²) in [5.74, 6) is -0.730. The molecule has 1 heterocycles. The Bertz CT molecular complexity index is 738. The van der Waals surface area contributed by atoms with Crippen molar-refractivity contribution < 1.29 is 17.5 Å². The molecule has 0 unspecified atom stereocenters. The molecule has 3 N–H and O–H groups in total. The Labute approximate surface area is 121 Å². The molecule has 2 aromatic rings. The molecule has 1 aromatic carbocycles. The minimum atomic E-state index is -3.96. The lowest BCUT2D eigenvalue weighted by atomic mass is 10.3. The van der Waals surface area contributed by atoms with Crippen LogP contribution in [0, 0.1) is 5.82 Å². The Morgan fingerprint density at radius 3 is 2.71 bits per heavy atom.